The molecule has 0 N–H and O–H groups in total. The van der Waals surface area contributed by atoms with Crippen LogP contribution in [0.1, 0.15) is 29.9 Å². The number of aromatic nitrogens is 3. The van der Waals surface area contributed by atoms with Crippen molar-refractivity contribution >= 4 is 43.7 Å². The minimum Gasteiger partial charge on any atom is -0.284 e. The molecule has 34 heavy (non-hydrogen) atoms. The second kappa shape index (κ2) is 9.23. The molecule has 0 saturated carbocycles. The summed E-state index contributed by atoms with van der Waals surface area (Å²) in [5.74, 6) is 0.0582. The number of thiazole rings is 1. The molecule has 1 aromatic carbocycles. The van der Waals surface area contributed by atoms with Crippen LogP contribution >= 0.6 is 22.7 Å². The molecule has 1 unspecified atom stereocenters. The minimum atomic E-state index is -4.57. The molecular weight excluding hydrogens is 507 g/mol. The summed E-state index contributed by atoms with van der Waals surface area (Å²) < 4.78 is 57.1. The van der Waals surface area contributed by atoms with Crippen LogP contribution in [-0.4, -0.2) is 18.3 Å². The third-order valence-electron chi connectivity index (χ3n) is 5.17. The van der Waals surface area contributed by atoms with Gasteiger partial charge >= 0.3 is 11.9 Å². The van der Waals surface area contributed by atoms with Crippen molar-refractivity contribution in [2.75, 3.05) is 0 Å². The van der Waals surface area contributed by atoms with Gasteiger partial charge in [-0.15, -0.1) is 22.7 Å². The first kappa shape index (κ1) is 24.6. The van der Waals surface area contributed by atoms with Gasteiger partial charge in [-0.3, -0.25) is 13.9 Å². The number of halogens is 3. The fourth-order valence-corrected chi connectivity index (χ4v) is 7.44. The van der Waals surface area contributed by atoms with E-state index < -0.39 is 33.8 Å². The van der Waals surface area contributed by atoms with Crippen LogP contribution in [0, 0.1) is 5.92 Å². The van der Waals surface area contributed by atoms with Crippen molar-refractivity contribution in [3.8, 4) is 0 Å². The second-order valence-electron chi connectivity index (χ2n) is 8.08. The maximum Gasteiger partial charge on any atom is 0.416 e. The zero-order chi connectivity index (χ0) is 24.8. The van der Waals surface area contributed by atoms with Gasteiger partial charge in [0.15, 0.2) is 4.34 Å². The molecule has 0 spiro atoms. The van der Waals surface area contributed by atoms with Gasteiger partial charge in [-0.25, -0.2) is 14.0 Å². The Bertz CT molecular complexity index is 1500. The van der Waals surface area contributed by atoms with Crippen molar-refractivity contribution in [1.29, 1.82) is 0 Å². The van der Waals surface area contributed by atoms with Crippen LogP contribution in [0.3, 0.4) is 0 Å². The number of benzene rings is 1. The lowest BCUT2D eigenvalue weighted by molar-refractivity contribution is -0.138. The van der Waals surface area contributed by atoms with Gasteiger partial charge in [0.1, 0.15) is 15.6 Å². The van der Waals surface area contributed by atoms with Crippen molar-refractivity contribution in [3.05, 3.63) is 72.7 Å². The summed E-state index contributed by atoms with van der Waals surface area (Å²) in [7, 11) is -0.570. The smallest absolute Gasteiger partial charge is 0.284 e. The molecule has 0 fully saturated rings. The van der Waals surface area contributed by atoms with Crippen molar-refractivity contribution < 1.29 is 17.4 Å². The number of nitrogens with zero attached hydrogens (tertiary/aromatic N) is 3. The lowest BCUT2D eigenvalue weighted by Gasteiger charge is -2.12. The van der Waals surface area contributed by atoms with E-state index in [4.69, 9.17) is 0 Å². The summed E-state index contributed by atoms with van der Waals surface area (Å²) in [5.41, 5.74) is -1.97. The lowest BCUT2D eigenvalue weighted by Crippen LogP contribution is -2.38. The van der Waals surface area contributed by atoms with Crippen LogP contribution in [0.25, 0.3) is 10.2 Å². The van der Waals surface area contributed by atoms with E-state index in [-0.39, 0.29) is 32.5 Å². The molecule has 0 aliphatic rings. The molecule has 3 aromatic heterocycles. The number of alkyl halides is 3. The Morgan fingerprint density at radius 1 is 1.18 bits per heavy atom. The van der Waals surface area contributed by atoms with Crippen LogP contribution in [0.2, 0.25) is 0 Å². The third-order valence-corrected chi connectivity index (χ3v) is 9.06. The predicted molar refractivity (Wildman–Crippen MR) is 127 cm³/mol. The quantitative estimate of drug-likeness (QED) is 0.366. The minimum absolute atomic E-state index is 0.00600. The molecule has 0 amide bonds. The Labute approximate surface area is 202 Å². The molecule has 180 valence electrons. The van der Waals surface area contributed by atoms with Crippen molar-refractivity contribution in [2.45, 2.75) is 42.2 Å². The van der Waals surface area contributed by atoms with Gasteiger partial charge in [0.25, 0.3) is 5.56 Å². The topological polar surface area (TPSA) is 74.0 Å². The van der Waals surface area contributed by atoms with E-state index in [1.165, 1.54) is 36.0 Å². The Morgan fingerprint density at radius 2 is 1.88 bits per heavy atom. The van der Waals surface area contributed by atoms with E-state index in [1.54, 1.807) is 5.38 Å². The van der Waals surface area contributed by atoms with E-state index in [1.807, 2.05) is 13.8 Å². The Balaban J connectivity index is 2.05. The molecule has 0 bridgehead atoms. The lowest BCUT2D eigenvalue weighted by atomic mass is 10.0. The van der Waals surface area contributed by atoms with Crippen LogP contribution in [0.4, 0.5) is 13.2 Å². The molecule has 4 aromatic rings. The summed E-state index contributed by atoms with van der Waals surface area (Å²) >= 11 is 2.16. The molecule has 0 aliphatic carbocycles. The van der Waals surface area contributed by atoms with E-state index >= 15 is 0 Å². The Kier molecular flexibility index (Phi) is 6.67. The molecule has 0 radical (unpaired) electrons. The van der Waals surface area contributed by atoms with Gasteiger partial charge < -0.3 is 0 Å². The van der Waals surface area contributed by atoms with Gasteiger partial charge in [0.2, 0.25) is 0 Å². The highest BCUT2D eigenvalue weighted by Crippen LogP contribution is 2.38. The van der Waals surface area contributed by atoms with E-state index in [2.05, 4.69) is 4.98 Å². The number of hydrogen-bond donors (Lipinski definition) is 0. The number of thiophene rings is 1. The fourth-order valence-electron chi connectivity index (χ4n) is 3.70. The van der Waals surface area contributed by atoms with Crippen LogP contribution < -0.4 is 11.2 Å². The summed E-state index contributed by atoms with van der Waals surface area (Å²) in [6.45, 7) is 4.12. The molecule has 6 nitrogen and oxygen atoms in total. The molecule has 3 heterocycles. The number of hydrogen-bond acceptors (Lipinski definition) is 6. The highest BCUT2D eigenvalue weighted by molar-refractivity contribution is 7.87. The van der Waals surface area contributed by atoms with Crippen LogP contribution in [0.5, 0.6) is 0 Å². The molecule has 12 heteroatoms. The van der Waals surface area contributed by atoms with Crippen molar-refractivity contribution in [2.24, 2.45) is 13.0 Å². The molecule has 0 saturated heterocycles. The third kappa shape index (κ3) is 4.41. The van der Waals surface area contributed by atoms with Gasteiger partial charge in [0.05, 0.1) is 15.8 Å². The highest BCUT2D eigenvalue weighted by atomic mass is 32.2. The number of rotatable bonds is 6. The van der Waals surface area contributed by atoms with Crippen LogP contribution in [-0.2, 0) is 37.0 Å². The van der Waals surface area contributed by atoms with E-state index in [0.717, 1.165) is 33.3 Å². The Hall–Kier alpha value is -2.57. The largest absolute Gasteiger partial charge is 0.416 e. The highest BCUT2D eigenvalue weighted by Gasteiger charge is 2.34. The van der Waals surface area contributed by atoms with Crippen molar-refractivity contribution in [1.82, 2.24) is 14.1 Å². The zero-order valence-corrected chi connectivity index (χ0v) is 20.8. The first-order valence-electron chi connectivity index (χ1n) is 10.2. The fraction of sp³-hybridized carbons (Fsp3) is 0.318. The molecule has 0 aliphatic heterocycles. The SMILES string of the molecule is CC(C)Cn1c(=O)n(C)c(=O)c2c(S(=O)c3nccs3)c(Cc3ccccc3C(F)(F)F)sc21. The summed E-state index contributed by atoms with van der Waals surface area (Å²) in [5, 5.41) is 1.72. The molecular formula is C22H20F3N3O3S3. The van der Waals surface area contributed by atoms with Gasteiger partial charge in [-0.05, 0) is 17.5 Å². The van der Waals surface area contributed by atoms with Crippen molar-refractivity contribution in [3.63, 3.8) is 0 Å². The van der Waals surface area contributed by atoms with Gasteiger partial charge in [0, 0.05) is 36.5 Å². The van der Waals surface area contributed by atoms with Gasteiger partial charge in [-0.1, -0.05) is 32.0 Å². The van der Waals surface area contributed by atoms with Gasteiger partial charge in [-0.2, -0.15) is 13.2 Å². The zero-order valence-electron chi connectivity index (χ0n) is 18.4. The monoisotopic (exact) mass is 527 g/mol. The van der Waals surface area contributed by atoms with E-state index in [9.17, 15) is 27.0 Å². The maximum atomic E-state index is 13.7. The normalized spacial score (nSPS) is 13.1. The summed E-state index contributed by atoms with van der Waals surface area (Å²) in [6, 6.07) is 5.17. The first-order valence-corrected chi connectivity index (χ1v) is 13.1. The predicted octanol–water partition coefficient (Wildman–Crippen LogP) is 4.65. The van der Waals surface area contributed by atoms with Crippen LogP contribution in [0.15, 0.2) is 54.7 Å². The molecule has 1 atom stereocenters. The summed E-state index contributed by atoms with van der Waals surface area (Å²) in [6.07, 6.45) is -3.30. The average Bonchev–Trinajstić information content (AvgIpc) is 3.43. The molecule has 4 rings (SSSR count). The standard InChI is InChI=1S/C22H20F3N3O3S3/c1-12(2)11-28-19-16(18(29)27(3)21(28)30)17(34(31)20-26-8-9-32-20)15(33-19)10-13-6-4-5-7-14(13)22(23,24)25/h4-9,12H,10-11H2,1-3H3. The maximum absolute atomic E-state index is 13.7. The second-order valence-corrected chi connectivity index (χ2v) is 11.7. The first-order chi connectivity index (χ1) is 16.0. The Morgan fingerprint density at radius 3 is 2.50 bits per heavy atom. The van der Waals surface area contributed by atoms with E-state index in [0.29, 0.717) is 16.3 Å². The summed E-state index contributed by atoms with van der Waals surface area (Å²) in [4.78, 5) is 30.9. The number of fused-ring (bicyclic) bond motifs is 1. The average molecular weight is 528 g/mol.